The zero-order chi connectivity index (χ0) is 17.3. The lowest BCUT2D eigenvalue weighted by molar-refractivity contribution is 0.372. The Hall–Kier alpha value is -0.0200. The molecule has 3 rings (SSSR count). The van der Waals surface area contributed by atoms with Gasteiger partial charge in [0.25, 0.3) is 0 Å². The molecule has 1 aromatic rings. The van der Waals surface area contributed by atoms with Gasteiger partial charge in [0, 0.05) is 18.8 Å². The molecule has 0 unspecified atom stereocenters. The lowest BCUT2D eigenvalue weighted by Crippen LogP contribution is -2.25. The van der Waals surface area contributed by atoms with Gasteiger partial charge in [-0.05, 0) is 43.4 Å². The van der Waals surface area contributed by atoms with Crippen molar-refractivity contribution in [3.63, 3.8) is 0 Å². The third kappa shape index (κ3) is 6.57. The molecule has 138 valence electrons. The standard InChI is InChI=1S/C17H26N4S4/c1-21-9-6-7-14(13-21)15-16(20-25-19-15)22-10-4-2-3-5-11-23-17-18-8-12-24-17/h7H,2-6,8-13H2,1H3. The number of hydrogen-bond donors (Lipinski definition) is 0. The Kier molecular flexibility index (Phi) is 8.66. The summed E-state index contributed by atoms with van der Waals surface area (Å²) >= 11 is 7.09. The van der Waals surface area contributed by atoms with Crippen LogP contribution >= 0.6 is 47.0 Å². The molecule has 25 heavy (non-hydrogen) atoms. The second-order valence-corrected chi connectivity index (χ2v) is 10.3. The number of thioether (sulfide) groups is 3. The summed E-state index contributed by atoms with van der Waals surface area (Å²) in [5.41, 5.74) is 2.49. The minimum absolute atomic E-state index is 1.00. The summed E-state index contributed by atoms with van der Waals surface area (Å²) in [5, 5.41) is 1.14. The monoisotopic (exact) mass is 414 g/mol. The molecule has 0 aromatic carbocycles. The predicted octanol–water partition coefficient (Wildman–Crippen LogP) is 4.75. The van der Waals surface area contributed by atoms with E-state index in [1.54, 1.807) is 0 Å². The van der Waals surface area contributed by atoms with Gasteiger partial charge >= 0.3 is 0 Å². The Bertz CT molecular complexity index is 599. The van der Waals surface area contributed by atoms with Gasteiger partial charge in [0.05, 0.1) is 18.3 Å². The van der Waals surface area contributed by atoms with Crippen molar-refractivity contribution in [3.8, 4) is 0 Å². The van der Waals surface area contributed by atoms with Crippen molar-refractivity contribution in [2.75, 3.05) is 43.9 Å². The highest BCUT2D eigenvalue weighted by Gasteiger charge is 2.17. The van der Waals surface area contributed by atoms with Crippen molar-refractivity contribution in [1.29, 1.82) is 0 Å². The highest BCUT2D eigenvalue weighted by molar-refractivity contribution is 8.39. The van der Waals surface area contributed by atoms with Crippen LogP contribution in [0.15, 0.2) is 16.1 Å². The van der Waals surface area contributed by atoms with Gasteiger partial charge in [0.2, 0.25) is 0 Å². The summed E-state index contributed by atoms with van der Waals surface area (Å²) in [6, 6.07) is 0. The molecule has 0 radical (unpaired) electrons. The normalized spacial score (nSPS) is 18.4. The Morgan fingerprint density at radius 2 is 1.96 bits per heavy atom. The van der Waals surface area contributed by atoms with E-state index >= 15 is 0 Å². The third-order valence-corrected chi connectivity index (χ3v) is 8.20. The molecule has 3 heterocycles. The Labute approximate surface area is 168 Å². The summed E-state index contributed by atoms with van der Waals surface area (Å²) in [4.78, 5) is 6.84. The quantitative estimate of drug-likeness (QED) is 0.429. The molecule has 2 aliphatic heterocycles. The number of aliphatic imine (C=N–C) groups is 1. The molecule has 0 atom stereocenters. The van der Waals surface area contributed by atoms with Gasteiger partial charge in [0.15, 0.2) is 0 Å². The molecule has 1 aromatic heterocycles. The molecule has 0 bridgehead atoms. The molecule has 0 saturated carbocycles. The topological polar surface area (TPSA) is 41.4 Å². The molecule has 0 N–H and O–H groups in total. The SMILES string of the molecule is CN1CCC=C(c2nsnc2SCCCCCCSC2=NCCS2)C1. The van der Waals surface area contributed by atoms with Gasteiger partial charge in [-0.3, -0.25) is 4.99 Å². The Balaban J connectivity index is 1.29. The highest BCUT2D eigenvalue weighted by Crippen LogP contribution is 2.29. The van der Waals surface area contributed by atoms with E-state index < -0.39 is 0 Å². The zero-order valence-electron chi connectivity index (χ0n) is 14.8. The van der Waals surface area contributed by atoms with E-state index in [1.807, 2.05) is 35.3 Å². The smallest absolute Gasteiger partial charge is 0.138 e. The van der Waals surface area contributed by atoms with Crippen LogP contribution in [0.2, 0.25) is 0 Å². The van der Waals surface area contributed by atoms with E-state index in [4.69, 9.17) is 0 Å². The molecule has 0 aliphatic carbocycles. The number of aromatic nitrogens is 2. The van der Waals surface area contributed by atoms with Crippen molar-refractivity contribution in [2.24, 2.45) is 4.99 Å². The van der Waals surface area contributed by atoms with Crippen molar-refractivity contribution in [2.45, 2.75) is 37.1 Å². The third-order valence-electron chi connectivity index (χ3n) is 4.17. The molecule has 4 nitrogen and oxygen atoms in total. The van der Waals surface area contributed by atoms with E-state index in [1.165, 1.54) is 58.9 Å². The van der Waals surface area contributed by atoms with E-state index in [0.717, 1.165) is 42.5 Å². The molecular formula is C17H26N4S4. The van der Waals surface area contributed by atoms with E-state index in [9.17, 15) is 0 Å². The molecule has 0 spiro atoms. The first kappa shape index (κ1) is 19.7. The maximum atomic E-state index is 4.55. The second-order valence-electron chi connectivity index (χ2n) is 6.28. The van der Waals surface area contributed by atoms with E-state index in [2.05, 4.69) is 31.8 Å². The molecule has 0 fully saturated rings. The van der Waals surface area contributed by atoms with Crippen LogP contribution in [-0.2, 0) is 0 Å². The molecular weight excluding hydrogens is 388 g/mol. The predicted molar refractivity (Wildman–Crippen MR) is 116 cm³/mol. The van der Waals surface area contributed by atoms with Crippen LogP contribution in [0, 0.1) is 0 Å². The summed E-state index contributed by atoms with van der Waals surface area (Å²) in [6.45, 7) is 3.17. The fourth-order valence-electron chi connectivity index (χ4n) is 2.83. The number of hydrogen-bond acceptors (Lipinski definition) is 8. The number of rotatable bonds is 9. The van der Waals surface area contributed by atoms with Gasteiger partial charge in [-0.2, -0.15) is 8.75 Å². The summed E-state index contributed by atoms with van der Waals surface area (Å²) in [7, 11) is 2.18. The largest absolute Gasteiger partial charge is 0.302 e. The first-order chi connectivity index (χ1) is 12.3. The molecule has 2 aliphatic rings. The van der Waals surface area contributed by atoms with Crippen LogP contribution in [-0.4, -0.2) is 62.0 Å². The minimum atomic E-state index is 1.00. The van der Waals surface area contributed by atoms with Crippen molar-refractivity contribution in [1.82, 2.24) is 13.6 Å². The van der Waals surface area contributed by atoms with Crippen LogP contribution in [0.4, 0.5) is 0 Å². The lowest BCUT2D eigenvalue weighted by atomic mass is 10.1. The summed E-state index contributed by atoms with van der Waals surface area (Å²) in [5.74, 6) is 3.55. The molecule has 0 saturated heterocycles. The molecule has 0 amide bonds. The fraction of sp³-hybridized carbons (Fsp3) is 0.706. The Morgan fingerprint density at radius 1 is 1.12 bits per heavy atom. The average Bonchev–Trinajstić information content (AvgIpc) is 3.29. The van der Waals surface area contributed by atoms with Crippen LogP contribution in [0.5, 0.6) is 0 Å². The number of unbranched alkanes of at least 4 members (excludes halogenated alkanes) is 3. The van der Waals surface area contributed by atoms with Crippen LogP contribution in [0.25, 0.3) is 5.57 Å². The van der Waals surface area contributed by atoms with Gasteiger partial charge in [-0.25, -0.2) is 0 Å². The van der Waals surface area contributed by atoms with Crippen LogP contribution in [0.3, 0.4) is 0 Å². The van der Waals surface area contributed by atoms with Crippen LogP contribution < -0.4 is 0 Å². The average molecular weight is 415 g/mol. The fourth-order valence-corrected chi connectivity index (χ4v) is 6.61. The van der Waals surface area contributed by atoms with Crippen molar-refractivity contribution >= 4 is 57.0 Å². The van der Waals surface area contributed by atoms with E-state index in [0.29, 0.717) is 0 Å². The minimum Gasteiger partial charge on any atom is -0.302 e. The molecule has 8 heteroatoms. The number of likely N-dealkylation sites (N-methyl/N-ethyl adjacent to an activating group) is 1. The summed E-state index contributed by atoms with van der Waals surface area (Å²) in [6.07, 6.45) is 8.66. The first-order valence-corrected chi connectivity index (χ1v) is 12.6. The number of nitrogens with zero attached hydrogens (tertiary/aromatic N) is 4. The lowest BCUT2D eigenvalue weighted by Gasteiger charge is -2.22. The maximum Gasteiger partial charge on any atom is 0.138 e. The van der Waals surface area contributed by atoms with Crippen molar-refractivity contribution < 1.29 is 0 Å². The second kappa shape index (κ2) is 11.0. The van der Waals surface area contributed by atoms with Crippen molar-refractivity contribution in [3.05, 3.63) is 11.8 Å². The highest BCUT2D eigenvalue weighted by atomic mass is 32.2. The van der Waals surface area contributed by atoms with Gasteiger partial charge < -0.3 is 4.90 Å². The maximum absolute atomic E-state index is 4.55. The Morgan fingerprint density at radius 3 is 2.72 bits per heavy atom. The van der Waals surface area contributed by atoms with Crippen LogP contribution in [0.1, 0.15) is 37.8 Å². The van der Waals surface area contributed by atoms with Gasteiger partial charge in [-0.1, -0.05) is 42.4 Å². The summed E-state index contributed by atoms with van der Waals surface area (Å²) < 4.78 is 10.4. The van der Waals surface area contributed by atoms with Gasteiger partial charge in [0.1, 0.15) is 15.1 Å². The van der Waals surface area contributed by atoms with Gasteiger partial charge in [-0.15, -0.1) is 11.8 Å². The van der Waals surface area contributed by atoms with E-state index in [-0.39, 0.29) is 0 Å². The first-order valence-electron chi connectivity index (χ1n) is 8.96. The zero-order valence-corrected chi connectivity index (χ0v) is 18.0.